The van der Waals surface area contributed by atoms with Gasteiger partial charge in [-0.05, 0) is 52.7 Å². The van der Waals surface area contributed by atoms with E-state index in [9.17, 15) is 13.6 Å². The van der Waals surface area contributed by atoms with Gasteiger partial charge in [0.2, 0.25) is 0 Å². The first-order valence-electron chi connectivity index (χ1n) is 5.60. The molecule has 2 aromatic carbocycles. The zero-order valence-electron chi connectivity index (χ0n) is 10.3. The van der Waals surface area contributed by atoms with Crippen molar-refractivity contribution in [2.75, 3.05) is 5.32 Å². The number of aryl methyl sites for hydroxylation is 1. The van der Waals surface area contributed by atoms with Crippen molar-refractivity contribution in [1.82, 2.24) is 0 Å². The zero-order valence-corrected chi connectivity index (χ0v) is 12.6. The average molecular weight is 361 g/mol. The summed E-state index contributed by atoms with van der Waals surface area (Å²) in [5.41, 5.74) is 1.05. The fourth-order valence-electron chi connectivity index (χ4n) is 1.68. The zero-order chi connectivity index (χ0) is 14.9. The molecule has 2 aromatic rings. The third-order valence-electron chi connectivity index (χ3n) is 2.69. The van der Waals surface area contributed by atoms with Crippen molar-refractivity contribution >= 4 is 39.1 Å². The van der Waals surface area contributed by atoms with E-state index in [-0.39, 0.29) is 16.3 Å². The fraction of sp³-hybridized carbons (Fsp3) is 0.0714. The predicted molar refractivity (Wildman–Crippen MR) is 78.2 cm³/mol. The van der Waals surface area contributed by atoms with Crippen LogP contribution in [0.3, 0.4) is 0 Å². The Bertz CT molecular complexity index is 668. The van der Waals surface area contributed by atoms with Crippen LogP contribution >= 0.6 is 27.5 Å². The van der Waals surface area contributed by atoms with Gasteiger partial charge >= 0.3 is 0 Å². The van der Waals surface area contributed by atoms with E-state index in [1.54, 1.807) is 6.92 Å². The molecular weight excluding hydrogens is 352 g/mol. The molecule has 1 N–H and O–H groups in total. The molecule has 0 saturated carbocycles. The van der Waals surface area contributed by atoms with E-state index >= 15 is 0 Å². The van der Waals surface area contributed by atoms with E-state index < -0.39 is 17.5 Å². The first-order chi connectivity index (χ1) is 9.38. The van der Waals surface area contributed by atoms with E-state index in [0.717, 1.165) is 12.1 Å². The van der Waals surface area contributed by atoms with Gasteiger partial charge in [-0.25, -0.2) is 8.78 Å². The molecule has 0 bridgehead atoms. The second kappa shape index (κ2) is 5.89. The minimum absolute atomic E-state index is 0.0549. The Balaban J connectivity index is 2.35. The molecule has 0 aliphatic rings. The third-order valence-corrected chi connectivity index (χ3v) is 3.61. The lowest BCUT2D eigenvalue weighted by Crippen LogP contribution is -2.14. The highest BCUT2D eigenvalue weighted by Gasteiger charge is 2.15. The minimum Gasteiger partial charge on any atom is -0.320 e. The van der Waals surface area contributed by atoms with Gasteiger partial charge in [0.25, 0.3) is 5.91 Å². The topological polar surface area (TPSA) is 29.1 Å². The Labute approximate surface area is 127 Å². The van der Waals surface area contributed by atoms with Crippen molar-refractivity contribution in [3.63, 3.8) is 0 Å². The van der Waals surface area contributed by atoms with E-state index in [2.05, 4.69) is 21.2 Å². The molecule has 0 atom stereocenters. The molecular formula is C14H9BrClF2NO. The summed E-state index contributed by atoms with van der Waals surface area (Å²) in [6.07, 6.45) is 0. The number of carbonyl (C=O) groups excluding carboxylic acids is 1. The number of rotatable bonds is 2. The number of amides is 1. The number of halogens is 4. The van der Waals surface area contributed by atoms with E-state index in [1.165, 1.54) is 18.2 Å². The Morgan fingerprint density at radius 3 is 2.55 bits per heavy atom. The van der Waals surface area contributed by atoms with Gasteiger partial charge in [0.1, 0.15) is 11.6 Å². The molecule has 0 aromatic heterocycles. The van der Waals surface area contributed by atoms with Crippen molar-refractivity contribution in [3.05, 3.63) is 62.6 Å². The van der Waals surface area contributed by atoms with Crippen LogP contribution in [0, 0.1) is 18.6 Å². The highest BCUT2D eigenvalue weighted by atomic mass is 79.9. The van der Waals surface area contributed by atoms with E-state index in [0.29, 0.717) is 10.0 Å². The van der Waals surface area contributed by atoms with Gasteiger partial charge in [0.05, 0.1) is 10.7 Å². The van der Waals surface area contributed by atoms with E-state index in [1.807, 2.05) is 0 Å². The summed E-state index contributed by atoms with van der Waals surface area (Å²) in [5, 5.41) is 2.59. The van der Waals surface area contributed by atoms with Crippen LogP contribution in [0.4, 0.5) is 14.5 Å². The van der Waals surface area contributed by atoms with Crippen molar-refractivity contribution < 1.29 is 13.6 Å². The molecule has 104 valence electrons. The van der Waals surface area contributed by atoms with Gasteiger partial charge < -0.3 is 5.32 Å². The minimum atomic E-state index is -0.526. The Morgan fingerprint density at radius 1 is 1.20 bits per heavy atom. The number of nitrogens with one attached hydrogen (secondary N) is 1. The quantitative estimate of drug-likeness (QED) is 0.807. The van der Waals surface area contributed by atoms with Crippen molar-refractivity contribution in [3.8, 4) is 0 Å². The highest BCUT2D eigenvalue weighted by molar-refractivity contribution is 9.10. The van der Waals surface area contributed by atoms with Crippen LogP contribution < -0.4 is 5.32 Å². The molecule has 0 unspecified atom stereocenters. The Kier molecular flexibility index (Phi) is 4.40. The molecule has 0 spiro atoms. The summed E-state index contributed by atoms with van der Waals surface area (Å²) in [7, 11) is 0. The largest absolute Gasteiger partial charge is 0.320 e. The van der Waals surface area contributed by atoms with Crippen LogP contribution in [0.1, 0.15) is 15.9 Å². The van der Waals surface area contributed by atoms with Crippen molar-refractivity contribution in [2.45, 2.75) is 6.92 Å². The molecule has 20 heavy (non-hydrogen) atoms. The first kappa shape index (κ1) is 14.9. The van der Waals surface area contributed by atoms with Gasteiger partial charge in [-0.2, -0.15) is 0 Å². The highest BCUT2D eigenvalue weighted by Crippen LogP contribution is 2.32. The van der Waals surface area contributed by atoms with Crippen LogP contribution in [0.5, 0.6) is 0 Å². The van der Waals surface area contributed by atoms with Gasteiger partial charge in [0, 0.05) is 10.0 Å². The van der Waals surface area contributed by atoms with Gasteiger partial charge in [-0.3, -0.25) is 4.79 Å². The summed E-state index contributed by atoms with van der Waals surface area (Å²) in [5.74, 6) is -1.55. The molecule has 0 aliphatic heterocycles. The summed E-state index contributed by atoms with van der Waals surface area (Å²) in [4.78, 5) is 12.1. The lowest BCUT2D eigenvalue weighted by atomic mass is 10.1. The van der Waals surface area contributed by atoms with Crippen molar-refractivity contribution in [2.24, 2.45) is 0 Å². The number of hydrogen-bond acceptors (Lipinski definition) is 1. The maximum Gasteiger partial charge on any atom is 0.256 e. The van der Waals surface area contributed by atoms with Gasteiger partial charge in [-0.15, -0.1) is 0 Å². The summed E-state index contributed by atoms with van der Waals surface area (Å²) in [6, 6.07) is 6.18. The summed E-state index contributed by atoms with van der Waals surface area (Å²) < 4.78 is 26.6. The van der Waals surface area contributed by atoms with Crippen LogP contribution in [0.15, 0.2) is 34.8 Å². The normalized spacial score (nSPS) is 10.4. The molecule has 2 rings (SSSR count). The van der Waals surface area contributed by atoms with Gasteiger partial charge in [0.15, 0.2) is 0 Å². The molecule has 0 fully saturated rings. The second-order valence-corrected chi connectivity index (χ2v) is 5.42. The maximum atomic E-state index is 13.2. The first-order valence-corrected chi connectivity index (χ1v) is 6.77. The van der Waals surface area contributed by atoms with E-state index in [4.69, 9.17) is 11.6 Å². The molecule has 1 amide bonds. The number of benzene rings is 2. The molecule has 6 heteroatoms. The number of hydrogen-bond donors (Lipinski definition) is 1. The van der Waals surface area contributed by atoms with Gasteiger partial charge in [-0.1, -0.05) is 17.7 Å². The number of carbonyl (C=O) groups is 1. The standard InChI is InChI=1S/C14H9BrClF2NO/c1-7-2-3-8(17)4-10(7)14(20)19-13-11(15)5-9(18)6-12(13)16/h2-6H,1H3,(H,19,20). The molecule has 0 aliphatic carbocycles. The SMILES string of the molecule is Cc1ccc(F)cc1C(=O)Nc1c(Cl)cc(F)cc1Br. The second-order valence-electron chi connectivity index (χ2n) is 4.16. The number of anilines is 1. The predicted octanol–water partition coefficient (Wildman–Crippen LogP) is 4.94. The monoisotopic (exact) mass is 359 g/mol. The molecule has 2 nitrogen and oxygen atoms in total. The fourth-order valence-corrected chi connectivity index (χ4v) is 2.58. The van der Waals surface area contributed by atoms with Crippen LogP contribution in [0.25, 0.3) is 0 Å². The maximum absolute atomic E-state index is 13.2. The molecule has 0 saturated heterocycles. The van der Waals surface area contributed by atoms with Crippen LogP contribution in [-0.2, 0) is 0 Å². The summed E-state index contributed by atoms with van der Waals surface area (Å²) in [6.45, 7) is 1.69. The third kappa shape index (κ3) is 3.16. The molecule has 0 heterocycles. The lowest BCUT2D eigenvalue weighted by Gasteiger charge is -2.11. The lowest BCUT2D eigenvalue weighted by molar-refractivity contribution is 0.102. The van der Waals surface area contributed by atoms with Crippen molar-refractivity contribution in [1.29, 1.82) is 0 Å². The Morgan fingerprint density at radius 2 is 1.90 bits per heavy atom. The Hall–Kier alpha value is -1.46. The van der Waals surface area contributed by atoms with Crippen LogP contribution in [0.2, 0.25) is 5.02 Å². The smallest absolute Gasteiger partial charge is 0.256 e. The van der Waals surface area contributed by atoms with Crippen LogP contribution in [-0.4, -0.2) is 5.91 Å². The molecule has 0 radical (unpaired) electrons. The average Bonchev–Trinajstić information content (AvgIpc) is 2.36. The summed E-state index contributed by atoms with van der Waals surface area (Å²) >= 11 is 9.00.